The average molecular weight is 224 g/mol. The van der Waals surface area contributed by atoms with E-state index in [1.807, 2.05) is 12.1 Å². The first-order chi connectivity index (χ1) is 7.30. The summed E-state index contributed by atoms with van der Waals surface area (Å²) in [6.45, 7) is 5.10. The molecule has 0 radical (unpaired) electrons. The number of aryl methyl sites for hydroxylation is 1. The molecule has 0 aliphatic rings. The smallest absolute Gasteiger partial charge is 0.119 e. The molecular weight excluding hydrogens is 204 g/mol. The van der Waals surface area contributed by atoms with E-state index >= 15 is 0 Å². The molecule has 0 spiro atoms. The second-order valence-electron chi connectivity index (χ2n) is 3.77. The van der Waals surface area contributed by atoms with E-state index in [-0.39, 0.29) is 0 Å². The first-order valence-corrected chi connectivity index (χ1v) is 6.26. The summed E-state index contributed by atoms with van der Waals surface area (Å²) < 4.78 is 5.70. The fourth-order valence-corrected chi connectivity index (χ4v) is 1.70. The summed E-state index contributed by atoms with van der Waals surface area (Å²) in [5, 5.41) is 0. The third-order valence-corrected chi connectivity index (χ3v) is 3.17. The molecule has 1 rings (SSSR count). The van der Waals surface area contributed by atoms with Crippen LogP contribution in [0.15, 0.2) is 24.3 Å². The topological polar surface area (TPSA) is 9.23 Å². The van der Waals surface area contributed by atoms with Crippen molar-refractivity contribution in [1.29, 1.82) is 0 Å². The van der Waals surface area contributed by atoms with E-state index in [2.05, 4.69) is 38.6 Å². The zero-order valence-electron chi connectivity index (χ0n) is 9.57. The van der Waals surface area contributed by atoms with Crippen molar-refractivity contribution in [3.63, 3.8) is 0 Å². The van der Waals surface area contributed by atoms with Crippen molar-refractivity contribution >= 4 is 12.6 Å². The minimum atomic E-state index is 0.555. The van der Waals surface area contributed by atoms with E-state index in [0.717, 1.165) is 31.0 Å². The third-order valence-electron chi connectivity index (χ3n) is 2.65. The Bertz CT molecular complexity index is 264. The zero-order chi connectivity index (χ0) is 11.1. The lowest BCUT2D eigenvalue weighted by Crippen LogP contribution is -2.12. The van der Waals surface area contributed by atoms with E-state index in [4.69, 9.17) is 4.74 Å². The van der Waals surface area contributed by atoms with E-state index < -0.39 is 0 Å². The van der Waals surface area contributed by atoms with E-state index in [1.54, 1.807) is 0 Å². The Kier molecular flexibility index (Phi) is 5.62. The van der Waals surface area contributed by atoms with Crippen LogP contribution in [0.4, 0.5) is 0 Å². The summed E-state index contributed by atoms with van der Waals surface area (Å²) in [5.41, 5.74) is 1.35. The van der Waals surface area contributed by atoms with Crippen LogP contribution in [0.2, 0.25) is 0 Å². The largest absolute Gasteiger partial charge is 0.493 e. The lowest BCUT2D eigenvalue weighted by atomic mass is 10.1. The predicted molar refractivity (Wildman–Crippen MR) is 68.9 cm³/mol. The molecule has 2 heteroatoms. The van der Waals surface area contributed by atoms with Crippen LogP contribution in [0.5, 0.6) is 5.75 Å². The fourth-order valence-electron chi connectivity index (χ4n) is 1.34. The van der Waals surface area contributed by atoms with E-state index in [0.29, 0.717) is 5.92 Å². The van der Waals surface area contributed by atoms with Gasteiger partial charge in [0.2, 0.25) is 0 Å². The maximum atomic E-state index is 5.70. The Morgan fingerprint density at radius 1 is 1.20 bits per heavy atom. The molecule has 0 heterocycles. The van der Waals surface area contributed by atoms with Gasteiger partial charge in [0.15, 0.2) is 0 Å². The summed E-state index contributed by atoms with van der Waals surface area (Å²) in [7, 11) is 0. The van der Waals surface area contributed by atoms with Gasteiger partial charge in [0.1, 0.15) is 5.75 Å². The summed E-state index contributed by atoms with van der Waals surface area (Å²) in [5.74, 6) is 2.41. The molecule has 15 heavy (non-hydrogen) atoms. The highest BCUT2D eigenvalue weighted by Crippen LogP contribution is 2.14. The van der Waals surface area contributed by atoms with Crippen LogP contribution >= 0.6 is 12.6 Å². The lowest BCUT2D eigenvalue weighted by Gasteiger charge is -2.13. The standard InChI is InChI=1S/C13H20OS/c1-3-11-5-7-13(8-6-11)14-9-12(4-2)10-15/h5-8,12,15H,3-4,9-10H2,1-2H3. The van der Waals surface area contributed by atoms with Gasteiger partial charge in [-0.1, -0.05) is 26.0 Å². The molecule has 1 nitrogen and oxygen atoms in total. The minimum absolute atomic E-state index is 0.555. The molecule has 0 amide bonds. The number of benzene rings is 1. The number of rotatable bonds is 6. The highest BCUT2D eigenvalue weighted by Gasteiger charge is 2.04. The molecule has 0 fully saturated rings. The number of hydrogen-bond donors (Lipinski definition) is 1. The normalized spacial score (nSPS) is 12.5. The van der Waals surface area contributed by atoms with Crippen molar-refractivity contribution in [2.24, 2.45) is 5.92 Å². The molecule has 0 N–H and O–H groups in total. The third kappa shape index (κ3) is 4.17. The van der Waals surface area contributed by atoms with Gasteiger partial charge in [-0.15, -0.1) is 0 Å². The maximum absolute atomic E-state index is 5.70. The van der Waals surface area contributed by atoms with Crippen LogP contribution in [0.3, 0.4) is 0 Å². The van der Waals surface area contributed by atoms with Crippen LogP contribution in [-0.4, -0.2) is 12.4 Å². The Labute approximate surface area is 98.3 Å². The summed E-state index contributed by atoms with van der Waals surface area (Å²) in [4.78, 5) is 0. The van der Waals surface area contributed by atoms with Crippen molar-refractivity contribution in [2.45, 2.75) is 26.7 Å². The number of hydrogen-bond acceptors (Lipinski definition) is 2. The van der Waals surface area contributed by atoms with Gasteiger partial charge < -0.3 is 4.74 Å². The lowest BCUT2D eigenvalue weighted by molar-refractivity contribution is 0.259. The molecule has 0 bridgehead atoms. The van der Waals surface area contributed by atoms with Gasteiger partial charge >= 0.3 is 0 Å². The Morgan fingerprint density at radius 2 is 1.87 bits per heavy atom. The van der Waals surface area contributed by atoms with Gasteiger partial charge in [-0.3, -0.25) is 0 Å². The quantitative estimate of drug-likeness (QED) is 0.727. The van der Waals surface area contributed by atoms with Crippen molar-refractivity contribution < 1.29 is 4.74 Å². The van der Waals surface area contributed by atoms with Crippen molar-refractivity contribution in [1.82, 2.24) is 0 Å². The number of ether oxygens (including phenoxy) is 1. The van der Waals surface area contributed by atoms with Gasteiger partial charge in [0.25, 0.3) is 0 Å². The minimum Gasteiger partial charge on any atom is -0.493 e. The molecule has 0 aromatic heterocycles. The maximum Gasteiger partial charge on any atom is 0.119 e. The highest BCUT2D eigenvalue weighted by molar-refractivity contribution is 7.80. The second kappa shape index (κ2) is 6.78. The molecule has 1 atom stereocenters. The zero-order valence-corrected chi connectivity index (χ0v) is 10.5. The van der Waals surface area contributed by atoms with Crippen molar-refractivity contribution in [2.75, 3.05) is 12.4 Å². The predicted octanol–water partition coefficient (Wildman–Crippen LogP) is 3.58. The highest BCUT2D eigenvalue weighted by atomic mass is 32.1. The molecule has 1 unspecified atom stereocenters. The first kappa shape index (κ1) is 12.4. The van der Waals surface area contributed by atoms with Crippen molar-refractivity contribution in [3.05, 3.63) is 29.8 Å². The molecule has 0 aliphatic carbocycles. The molecule has 84 valence electrons. The van der Waals surface area contributed by atoms with Gasteiger partial charge in [0, 0.05) is 5.92 Å². The summed E-state index contributed by atoms with van der Waals surface area (Å²) in [6.07, 6.45) is 2.20. The van der Waals surface area contributed by atoms with Crippen LogP contribution < -0.4 is 4.74 Å². The Morgan fingerprint density at radius 3 is 2.33 bits per heavy atom. The van der Waals surface area contributed by atoms with Gasteiger partial charge in [0.05, 0.1) is 6.61 Å². The SMILES string of the molecule is CCc1ccc(OCC(CC)CS)cc1. The van der Waals surface area contributed by atoms with Gasteiger partial charge in [-0.05, 0) is 36.3 Å². The van der Waals surface area contributed by atoms with Crippen LogP contribution in [0.25, 0.3) is 0 Å². The number of thiol groups is 1. The molecule has 0 saturated heterocycles. The molecular formula is C13H20OS. The van der Waals surface area contributed by atoms with Crippen molar-refractivity contribution in [3.8, 4) is 5.75 Å². The Balaban J connectivity index is 2.43. The fraction of sp³-hybridized carbons (Fsp3) is 0.538. The van der Waals surface area contributed by atoms with Crippen LogP contribution in [0, 0.1) is 5.92 Å². The van der Waals surface area contributed by atoms with Gasteiger partial charge in [-0.2, -0.15) is 12.6 Å². The molecule has 1 aromatic carbocycles. The van der Waals surface area contributed by atoms with E-state index in [9.17, 15) is 0 Å². The Hall–Kier alpha value is -0.630. The van der Waals surface area contributed by atoms with Crippen LogP contribution in [-0.2, 0) is 6.42 Å². The summed E-state index contributed by atoms with van der Waals surface area (Å²) in [6, 6.07) is 8.34. The van der Waals surface area contributed by atoms with Gasteiger partial charge in [-0.25, -0.2) is 0 Å². The average Bonchev–Trinajstić information content (AvgIpc) is 2.31. The first-order valence-electron chi connectivity index (χ1n) is 5.62. The molecule has 0 aliphatic heterocycles. The monoisotopic (exact) mass is 224 g/mol. The second-order valence-corrected chi connectivity index (χ2v) is 4.13. The van der Waals surface area contributed by atoms with E-state index in [1.165, 1.54) is 5.56 Å². The molecule has 0 saturated carbocycles. The summed E-state index contributed by atoms with van der Waals surface area (Å²) >= 11 is 4.29. The molecule has 1 aromatic rings. The van der Waals surface area contributed by atoms with Crippen LogP contribution in [0.1, 0.15) is 25.8 Å².